The molecule has 0 heterocycles. The van der Waals surface area contributed by atoms with Crippen LogP contribution in [0.3, 0.4) is 0 Å². The van der Waals surface area contributed by atoms with Crippen LogP contribution in [-0.4, -0.2) is 11.9 Å². The maximum absolute atomic E-state index is 13.3. The van der Waals surface area contributed by atoms with E-state index in [0.717, 1.165) is 18.2 Å². The predicted molar refractivity (Wildman–Crippen MR) is 146 cm³/mol. The fraction of sp³-hybridized carbons (Fsp3) is 0.0714. The van der Waals surface area contributed by atoms with Gasteiger partial charge in [0.2, 0.25) is 5.91 Å². The predicted octanol–water partition coefficient (Wildman–Crippen LogP) is 8.47. The van der Waals surface area contributed by atoms with Gasteiger partial charge in [-0.2, -0.15) is 13.2 Å². The number of anilines is 3. The van der Waals surface area contributed by atoms with E-state index in [-0.39, 0.29) is 10.7 Å². The van der Waals surface area contributed by atoms with Crippen molar-refractivity contribution in [2.45, 2.75) is 16.3 Å². The summed E-state index contributed by atoms with van der Waals surface area (Å²) in [5.74, 6) is -0.535. The first kappa shape index (κ1) is 27.1. The van der Waals surface area contributed by atoms with Crippen molar-refractivity contribution >= 4 is 52.4 Å². The number of thioether (sulfide) groups is 1. The molecule has 194 valence electrons. The SMILES string of the molecule is O=C(Nc1ccccc1)Nc1ccc(SC(C(=O)Nc2cc(C(F)(F)F)ccc2Cl)c2ccccc2)cc1. The maximum atomic E-state index is 13.3. The molecule has 0 aliphatic rings. The second kappa shape index (κ2) is 12.1. The van der Waals surface area contributed by atoms with Gasteiger partial charge in [-0.3, -0.25) is 4.79 Å². The fourth-order valence-corrected chi connectivity index (χ4v) is 4.65. The van der Waals surface area contributed by atoms with Gasteiger partial charge in [0.15, 0.2) is 0 Å². The number of hydrogen-bond acceptors (Lipinski definition) is 3. The third-order valence-corrected chi connectivity index (χ3v) is 6.89. The molecule has 4 aromatic carbocycles. The van der Waals surface area contributed by atoms with Crippen LogP contribution in [0.1, 0.15) is 16.4 Å². The van der Waals surface area contributed by atoms with Crippen molar-refractivity contribution in [3.8, 4) is 0 Å². The molecule has 5 nitrogen and oxygen atoms in total. The Hall–Kier alpha value is -3.95. The van der Waals surface area contributed by atoms with E-state index in [4.69, 9.17) is 11.6 Å². The number of rotatable bonds is 7. The number of hydrogen-bond donors (Lipinski definition) is 3. The summed E-state index contributed by atoms with van der Waals surface area (Å²) >= 11 is 7.29. The van der Waals surface area contributed by atoms with Gasteiger partial charge in [0.05, 0.1) is 16.3 Å². The standard InChI is InChI=1S/C28H21ClF3N3O2S/c29-23-16-11-19(28(30,31)32)17-24(23)35-26(36)25(18-7-3-1-4-8-18)38-22-14-12-21(13-15-22)34-27(37)33-20-9-5-2-6-10-20/h1-17,25H,(H,35,36)(H2,33,34,37). The first-order valence-electron chi connectivity index (χ1n) is 11.3. The van der Waals surface area contributed by atoms with Crippen molar-refractivity contribution in [2.24, 2.45) is 0 Å². The van der Waals surface area contributed by atoms with Crippen LogP contribution in [0.5, 0.6) is 0 Å². The molecule has 38 heavy (non-hydrogen) atoms. The summed E-state index contributed by atoms with van der Waals surface area (Å²) in [5, 5.41) is 7.21. The molecular weight excluding hydrogens is 535 g/mol. The number of benzene rings is 4. The number of carbonyl (C=O) groups is 2. The molecule has 0 aromatic heterocycles. The molecule has 4 rings (SSSR count). The molecule has 0 aliphatic heterocycles. The van der Waals surface area contributed by atoms with Crippen LogP contribution in [-0.2, 0) is 11.0 Å². The van der Waals surface area contributed by atoms with Gasteiger partial charge < -0.3 is 16.0 Å². The first-order chi connectivity index (χ1) is 18.2. The molecule has 0 radical (unpaired) electrons. The van der Waals surface area contributed by atoms with Gasteiger partial charge in [-0.15, -0.1) is 11.8 Å². The Morgan fingerprint density at radius 1 is 0.737 bits per heavy atom. The van der Waals surface area contributed by atoms with Gasteiger partial charge in [0, 0.05) is 16.3 Å². The van der Waals surface area contributed by atoms with Gasteiger partial charge in [-0.05, 0) is 60.2 Å². The van der Waals surface area contributed by atoms with Gasteiger partial charge >= 0.3 is 12.2 Å². The third kappa shape index (κ3) is 7.30. The van der Waals surface area contributed by atoms with Gasteiger partial charge in [0.25, 0.3) is 0 Å². The van der Waals surface area contributed by atoms with E-state index in [9.17, 15) is 22.8 Å². The normalized spacial score (nSPS) is 11.9. The monoisotopic (exact) mass is 555 g/mol. The second-order valence-corrected chi connectivity index (χ2v) is 9.65. The zero-order valence-corrected chi connectivity index (χ0v) is 21.2. The summed E-state index contributed by atoms with van der Waals surface area (Å²) in [6.45, 7) is 0. The van der Waals surface area contributed by atoms with E-state index in [1.54, 1.807) is 66.7 Å². The van der Waals surface area contributed by atoms with Gasteiger partial charge in [-0.1, -0.05) is 60.1 Å². The zero-order valence-electron chi connectivity index (χ0n) is 19.6. The van der Waals surface area contributed by atoms with Crippen LogP contribution < -0.4 is 16.0 Å². The number of para-hydroxylation sites is 1. The zero-order chi connectivity index (χ0) is 27.1. The summed E-state index contributed by atoms with van der Waals surface area (Å²) in [7, 11) is 0. The lowest BCUT2D eigenvalue weighted by Gasteiger charge is -2.18. The minimum atomic E-state index is -4.58. The van der Waals surface area contributed by atoms with Crippen LogP contribution in [0.25, 0.3) is 0 Å². The van der Waals surface area contributed by atoms with Crippen LogP contribution >= 0.6 is 23.4 Å². The molecule has 0 bridgehead atoms. The molecule has 4 aromatic rings. The van der Waals surface area contributed by atoms with E-state index < -0.39 is 28.9 Å². The Morgan fingerprint density at radius 3 is 1.92 bits per heavy atom. The van der Waals surface area contributed by atoms with Crippen LogP contribution in [0.2, 0.25) is 5.02 Å². The summed E-state index contributed by atoms with van der Waals surface area (Å²) in [5.41, 5.74) is 0.800. The van der Waals surface area contributed by atoms with Crippen molar-refractivity contribution in [1.82, 2.24) is 0 Å². The molecule has 3 N–H and O–H groups in total. The first-order valence-corrected chi connectivity index (χ1v) is 12.6. The highest BCUT2D eigenvalue weighted by Gasteiger charge is 2.31. The van der Waals surface area contributed by atoms with Gasteiger partial charge in [0.1, 0.15) is 5.25 Å². The summed E-state index contributed by atoms with van der Waals surface area (Å²) < 4.78 is 39.5. The number of halogens is 4. The van der Waals surface area contributed by atoms with Crippen molar-refractivity contribution in [3.63, 3.8) is 0 Å². The van der Waals surface area contributed by atoms with E-state index in [1.165, 1.54) is 11.8 Å². The third-order valence-electron chi connectivity index (χ3n) is 5.29. The van der Waals surface area contributed by atoms with Crippen molar-refractivity contribution in [1.29, 1.82) is 0 Å². The van der Waals surface area contributed by atoms with Crippen LogP contribution in [0, 0.1) is 0 Å². The topological polar surface area (TPSA) is 70.2 Å². The molecule has 0 spiro atoms. The molecule has 0 fully saturated rings. The molecular formula is C28H21ClF3N3O2S. The summed E-state index contributed by atoms with van der Waals surface area (Å²) in [6, 6.07) is 27.1. The molecule has 0 aliphatic carbocycles. The Morgan fingerprint density at radius 2 is 1.32 bits per heavy atom. The highest BCUT2D eigenvalue weighted by molar-refractivity contribution is 8.00. The van der Waals surface area contributed by atoms with Gasteiger partial charge in [-0.25, -0.2) is 4.79 Å². The Kier molecular flexibility index (Phi) is 8.60. The lowest BCUT2D eigenvalue weighted by atomic mass is 10.1. The smallest absolute Gasteiger partial charge is 0.323 e. The Labute approximate surface area is 226 Å². The number of alkyl halides is 3. The average Bonchev–Trinajstić information content (AvgIpc) is 2.90. The fourth-order valence-electron chi connectivity index (χ4n) is 3.46. The number of amides is 3. The molecule has 1 atom stereocenters. The van der Waals surface area contributed by atoms with Crippen molar-refractivity contribution in [2.75, 3.05) is 16.0 Å². The molecule has 0 saturated carbocycles. The molecule has 10 heteroatoms. The lowest BCUT2D eigenvalue weighted by molar-refractivity contribution is -0.137. The van der Waals surface area contributed by atoms with Crippen LogP contribution in [0.15, 0.2) is 108 Å². The minimum absolute atomic E-state index is 0.00707. The van der Waals surface area contributed by atoms with E-state index in [2.05, 4.69) is 16.0 Å². The van der Waals surface area contributed by atoms with E-state index in [1.807, 2.05) is 18.2 Å². The molecule has 1 unspecified atom stereocenters. The Balaban J connectivity index is 1.49. The average molecular weight is 556 g/mol. The second-order valence-electron chi connectivity index (χ2n) is 8.06. The highest BCUT2D eigenvalue weighted by atomic mass is 35.5. The number of carbonyl (C=O) groups excluding carboxylic acids is 2. The lowest BCUT2D eigenvalue weighted by Crippen LogP contribution is -2.20. The van der Waals surface area contributed by atoms with Crippen LogP contribution in [0.4, 0.5) is 35.0 Å². The largest absolute Gasteiger partial charge is 0.416 e. The molecule has 3 amide bonds. The minimum Gasteiger partial charge on any atom is -0.323 e. The number of nitrogens with one attached hydrogen (secondary N) is 3. The van der Waals surface area contributed by atoms with Crippen molar-refractivity contribution < 1.29 is 22.8 Å². The van der Waals surface area contributed by atoms with E-state index in [0.29, 0.717) is 21.8 Å². The Bertz CT molecular complexity index is 1400. The van der Waals surface area contributed by atoms with E-state index >= 15 is 0 Å². The summed E-state index contributed by atoms with van der Waals surface area (Å²) in [6.07, 6.45) is -4.58. The number of urea groups is 1. The van der Waals surface area contributed by atoms with Crippen molar-refractivity contribution in [3.05, 3.63) is 119 Å². The summed E-state index contributed by atoms with van der Waals surface area (Å²) in [4.78, 5) is 26.2. The maximum Gasteiger partial charge on any atom is 0.416 e. The molecule has 0 saturated heterocycles. The quantitative estimate of drug-likeness (QED) is 0.200. The highest BCUT2D eigenvalue weighted by Crippen LogP contribution is 2.38.